The first kappa shape index (κ1) is 30.7. The molecule has 0 spiro atoms. The van der Waals surface area contributed by atoms with Crippen molar-refractivity contribution >= 4 is 29.3 Å². The number of aromatic nitrogens is 3. The zero-order valence-electron chi connectivity index (χ0n) is 23.9. The van der Waals surface area contributed by atoms with E-state index in [0.29, 0.717) is 76.0 Å². The van der Waals surface area contributed by atoms with E-state index >= 15 is 0 Å². The third-order valence-corrected chi connectivity index (χ3v) is 6.73. The molecule has 0 atom stereocenters. The zero-order chi connectivity index (χ0) is 27.9. The Balaban J connectivity index is 1.48. The quantitative estimate of drug-likeness (QED) is 0.199. The van der Waals surface area contributed by atoms with Crippen LogP contribution in [0.5, 0.6) is 0 Å². The summed E-state index contributed by atoms with van der Waals surface area (Å²) in [6.45, 7) is 9.98. The predicted molar refractivity (Wildman–Crippen MR) is 157 cm³/mol. The van der Waals surface area contributed by atoms with Crippen molar-refractivity contribution < 1.29 is 14.3 Å². The molecule has 10 heteroatoms. The van der Waals surface area contributed by atoms with Gasteiger partial charge < -0.3 is 31.2 Å². The molecule has 2 aromatic rings. The molecule has 1 aliphatic carbocycles. The summed E-state index contributed by atoms with van der Waals surface area (Å²) in [5, 5.41) is 10.0. The first-order chi connectivity index (χ1) is 18.9. The molecule has 1 aliphatic rings. The van der Waals surface area contributed by atoms with Gasteiger partial charge in [0.1, 0.15) is 5.78 Å². The Kier molecular flexibility index (Phi) is 13.4. The van der Waals surface area contributed by atoms with E-state index in [0.717, 1.165) is 23.7 Å². The van der Waals surface area contributed by atoms with Gasteiger partial charge in [0.05, 0.1) is 19.8 Å². The molecule has 1 saturated carbocycles. The van der Waals surface area contributed by atoms with Gasteiger partial charge in [-0.2, -0.15) is 15.0 Å². The van der Waals surface area contributed by atoms with E-state index in [2.05, 4.69) is 51.7 Å². The lowest BCUT2D eigenvalue weighted by atomic mass is 9.83. The van der Waals surface area contributed by atoms with Crippen molar-refractivity contribution in [3.63, 3.8) is 0 Å². The topological polar surface area (TPSA) is 136 Å². The molecule has 3 rings (SSSR count). The average Bonchev–Trinajstić information content (AvgIpc) is 2.90. The number of carbonyl (C=O) groups is 1. The molecular formula is C29H47N7O3. The van der Waals surface area contributed by atoms with Crippen LogP contribution >= 0.6 is 0 Å². The highest BCUT2D eigenvalue weighted by atomic mass is 16.5. The molecule has 39 heavy (non-hydrogen) atoms. The van der Waals surface area contributed by atoms with Crippen LogP contribution in [0.1, 0.15) is 64.9 Å². The lowest BCUT2D eigenvalue weighted by molar-refractivity contribution is -0.118. The number of nitrogens with zero attached hydrogens (tertiary/aromatic N) is 3. The van der Waals surface area contributed by atoms with Crippen LogP contribution < -0.4 is 21.7 Å². The summed E-state index contributed by atoms with van der Waals surface area (Å²) in [5.41, 5.74) is 7.20. The number of ketones is 1. The van der Waals surface area contributed by atoms with E-state index < -0.39 is 0 Å². The van der Waals surface area contributed by atoms with Crippen LogP contribution in [0.25, 0.3) is 0 Å². The highest BCUT2D eigenvalue weighted by Crippen LogP contribution is 2.28. The van der Waals surface area contributed by atoms with Crippen molar-refractivity contribution in [3.05, 3.63) is 29.8 Å². The minimum Gasteiger partial charge on any atom is -0.379 e. The van der Waals surface area contributed by atoms with Gasteiger partial charge in [-0.05, 0) is 62.6 Å². The SMILES string of the molecule is CC1CCC(CNc2nc(Nc3ccc(CC(=O)CCCOCCOCCN)cc3)nc(NC(C)C)n2)CC1. The zero-order valence-corrected chi connectivity index (χ0v) is 23.9. The van der Waals surface area contributed by atoms with Gasteiger partial charge in [0.2, 0.25) is 17.8 Å². The predicted octanol–water partition coefficient (Wildman–Crippen LogP) is 4.56. The van der Waals surface area contributed by atoms with Gasteiger partial charge >= 0.3 is 0 Å². The Morgan fingerprint density at radius 3 is 2.31 bits per heavy atom. The summed E-state index contributed by atoms with van der Waals surface area (Å²) in [7, 11) is 0. The number of rotatable bonds is 18. The molecule has 0 radical (unpaired) electrons. The van der Waals surface area contributed by atoms with E-state index in [1.54, 1.807) is 0 Å². The number of hydrogen-bond donors (Lipinski definition) is 4. The molecule has 0 amide bonds. The monoisotopic (exact) mass is 541 g/mol. The van der Waals surface area contributed by atoms with Crippen LogP contribution in [0.4, 0.5) is 23.5 Å². The van der Waals surface area contributed by atoms with Gasteiger partial charge in [0, 0.05) is 44.3 Å². The Hall–Kier alpha value is -2.82. The van der Waals surface area contributed by atoms with Gasteiger partial charge in [0.25, 0.3) is 0 Å². The van der Waals surface area contributed by atoms with Gasteiger partial charge in [-0.25, -0.2) is 0 Å². The highest BCUT2D eigenvalue weighted by Gasteiger charge is 2.18. The third kappa shape index (κ3) is 12.3. The number of nitrogens with two attached hydrogens (primary N) is 1. The second kappa shape index (κ2) is 17.0. The molecule has 216 valence electrons. The van der Waals surface area contributed by atoms with E-state index in [9.17, 15) is 4.79 Å². The lowest BCUT2D eigenvalue weighted by Crippen LogP contribution is -2.22. The largest absolute Gasteiger partial charge is 0.379 e. The van der Waals surface area contributed by atoms with Crippen molar-refractivity contribution in [2.45, 2.75) is 71.8 Å². The number of Topliss-reactive ketones (excluding diaryl/α,β-unsaturated/α-hetero) is 1. The molecule has 0 saturated heterocycles. The second-order valence-electron chi connectivity index (χ2n) is 10.8. The molecule has 0 aliphatic heterocycles. The van der Waals surface area contributed by atoms with Crippen molar-refractivity contribution in [3.8, 4) is 0 Å². The lowest BCUT2D eigenvalue weighted by Gasteiger charge is -2.26. The Bertz CT molecular complexity index is 979. The molecule has 1 heterocycles. The summed E-state index contributed by atoms with van der Waals surface area (Å²) in [6, 6.07) is 8.02. The second-order valence-corrected chi connectivity index (χ2v) is 10.8. The maximum atomic E-state index is 12.4. The minimum absolute atomic E-state index is 0.198. The smallest absolute Gasteiger partial charge is 0.233 e. The van der Waals surface area contributed by atoms with Crippen LogP contribution in [-0.2, 0) is 20.7 Å². The number of benzene rings is 1. The van der Waals surface area contributed by atoms with Crippen LogP contribution in [0.3, 0.4) is 0 Å². The Morgan fingerprint density at radius 1 is 0.949 bits per heavy atom. The molecule has 1 aromatic heterocycles. The fraction of sp³-hybridized carbons (Fsp3) is 0.655. The highest BCUT2D eigenvalue weighted by molar-refractivity contribution is 5.81. The minimum atomic E-state index is 0.198. The van der Waals surface area contributed by atoms with Crippen LogP contribution in [-0.4, -0.2) is 66.3 Å². The first-order valence-electron chi connectivity index (χ1n) is 14.4. The van der Waals surface area contributed by atoms with Crippen molar-refractivity contribution in [2.75, 3.05) is 55.5 Å². The molecule has 10 nitrogen and oxygen atoms in total. The number of hydrogen-bond acceptors (Lipinski definition) is 10. The Morgan fingerprint density at radius 2 is 1.62 bits per heavy atom. The fourth-order valence-corrected chi connectivity index (χ4v) is 4.53. The summed E-state index contributed by atoms with van der Waals surface area (Å²) >= 11 is 0. The number of nitrogens with one attached hydrogen (secondary N) is 3. The van der Waals surface area contributed by atoms with E-state index in [1.807, 2.05) is 24.3 Å². The number of ether oxygens (including phenoxy) is 2. The van der Waals surface area contributed by atoms with Gasteiger partial charge in [0.15, 0.2) is 0 Å². The number of carbonyl (C=O) groups excluding carboxylic acids is 1. The van der Waals surface area contributed by atoms with Gasteiger partial charge in [-0.3, -0.25) is 4.79 Å². The van der Waals surface area contributed by atoms with Crippen molar-refractivity contribution in [1.29, 1.82) is 0 Å². The van der Waals surface area contributed by atoms with Gasteiger partial charge in [-0.15, -0.1) is 0 Å². The molecule has 5 N–H and O–H groups in total. The average molecular weight is 542 g/mol. The molecule has 1 aromatic carbocycles. The summed E-state index contributed by atoms with van der Waals surface area (Å²) in [6.07, 6.45) is 6.68. The summed E-state index contributed by atoms with van der Waals surface area (Å²) < 4.78 is 10.7. The maximum absolute atomic E-state index is 12.4. The number of anilines is 4. The van der Waals surface area contributed by atoms with Crippen molar-refractivity contribution in [2.24, 2.45) is 17.6 Å². The first-order valence-corrected chi connectivity index (χ1v) is 14.4. The standard InChI is InChI=1S/C29H47N7O3/c1-21(2)32-28-34-27(31-20-24-8-6-22(3)7-9-24)35-29(36-28)33-25-12-10-23(11-13-25)19-26(37)5-4-15-38-17-18-39-16-14-30/h10-13,21-22,24H,4-9,14-20,30H2,1-3H3,(H3,31,32,33,34,35,36). The van der Waals surface area contributed by atoms with E-state index in [-0.39, 0.29) is 11.8 Å². The van der Waals surface area contributed by atoms with Crippen molar-refractivity contribution in [1.82, 2.24) is 15.0 Å². The van der Waals surface area contributed by atoms with Crippen LogP contribution in [0, 0.1) is 11.8 Å². The Labute approximate surface area is 233 Å². The molecular weight excluding hydrogens is 494 g/mol. The van der Waals surface area contributed by atoms with E-state index in [4.69, 9.17) is 15.2 Å². The van der Waals surface area contributed by atoms with E-state index in [1.165, 1.54) is 25.7 Å². The maximum Gasteiger partial charge on any atom is 0.233 e. The molecule has 0 unspecified atom stereocenters. The molecule has 0 bridgehead atoms. The molecule has 1 fully saturated rings. The summed E-state index contributed by atoms with van der Waals surface area (Å²) in [4.78, 5) is 26.1. The van der Waals surface area contributed by atoms with Crippen LogP contribution in [0.2, 0.25) is 0 Å². The van der Waals surface area contributed by atoms with Gasteiger partial charge in [-0.1, -0.05) is 31.9 Å². The third-order valence-electron chi connectivity index (χ3n) is 6.73. The fourth-order valence-electron chi connectivity index (χ4n) is 4.53. The summed E-state index contributed by atoms with van der Waals surface area (Å²) in [5.74, 6) is 3.27. The van der Waals surface area contributed by atoms with Crippen LogP contribution in [0.15, 0.2) is 24.3 Å². The normalized spacial score (nSPS) is 17.3.